The Morgan fingerprint density at radius 3 is 2.50 bits per heavy atom. The molecule has 3 N–H and O–H groups in total. The predicted octanol–water partition coefficient (Wildman–Crippen LogP) is 1.50. The van der Waals surface area contributed by atoms with Gasteiger partial charge in [-0.05, 0) is 30.7 Å². The molecule has 0 aliphatic rings. The molecule has 104 valence electrons. The van der Waals surface area contributed by atoms with Gasteiger partial charge in [-0.25, -0.2) is 0 Å². The Hall–Kier alpha value is -2.40. The van der Waals surface area contributed by atoms with Crippen molar-refractivity contribution in [3.63, 3.8) is 0 Å². The van der Waals surface area contributed by atoms with Crippen LogP contribution < -0.4 is 16.2 Å². The molecule has 20 heavy (non-hydrogen) atoms. The number of nitrogens with one attached hydrogen (secondary N) is 1. The lowest BCUT2D eigenvalue weighted by Gasteiger charge is -2.21. The molecule has 2 rings (SSSR count). The first-order chi connectivity index (χ1) is 9.65. The third-order valence-electron chi connectivity index (χ3n) is 3.07. The van der Waals surface area contributed by atoms with Crippen LogP contribution in [0.25, 0.3) is 0 Å². The number of hydrogen-bond donors (Lipinski definition) is 2. The van der Waals surface area contributed by atoms with Crippen molar-refractivity contribution in [3.8, 4) is 0 Å². The van der Waals surface area contributed by atoms with E-state index in [4.69, 9.17) is 5.73 Å². The van der Waals surface area contributed by atoms with E-state index in [1.54, 1.807) is 11.0 Å². The van der Waals surface area contributed by atoms with Gasteiger partial charge in [0.2, 0.25) is 5.56 Å². The Labute approximate surface area is 117 Å². The molecule has 5 heteroatoms. The molecule has 0 bridgehead atoms. The van der Waals surface area contributed by atoms with E-state index in [0.29, 0.717) is 18.7 Å². The van der Waals surface area contributed by atoms with Gasteiger partial charge in [0.25, 0.3) is 5.91 Å². The second-order valence-corrected chi connectivity index (χ2v) is 4.36. The molecule has 1 aromatic heterocycles. The maximum absolute atomic E-state index is 12.4. The van der Waals surface area contributed by atoms with Crippen LogP contribution in [0.1, 0.15) is 22.8 Å². The summed E-state index contributed by atoms with van der Waals surface area (Å²) in [5.41, 5.74) is 7.44. The summed E-state index contributed by atoms with van der Waals surface area (Å²) in [7, 11) is 0. The molecule has 0 fully saturated rings. The quantitative estimate of drug-likeness (QED) is 0.884. The fourth-order valence-electron chi connectivity index (χ4n) is 1.99. The number of hydrogen-bond acceptors (Lipinski definition) is 3. The number of pyridine rings is 1. The van der Waals surface area contributed by atoms with Crippen LogP contribution in [0.3, 0.4) is 0 Å². The van der Waals surface area contributed by atoms with Crippen LogP contribution in [-0.4, -0.2) is 17.4 Å². The number of anilines is 1. The molecule has 1 aromatic carbocycles. The second-order valence-electron chi connectivity index (χ2n) is 4.36. The first kappa shape index (κ1) is 14.0. The van der Waals surface area contributed by atoms with Crippen molar-refractivity contribution < 1.29 is 4.79 Å². The normalized spacial score (nSPS) is 10.3. The highest BCUT2D eigenvalue weighted by Crippen LogP contribution is 2.17. The summed E-state index contributed by atoms with van der Waals surface area (Å²) in [6.45, 7) is 2.88. The van der Waals surface area contributed by atoms with Crippen LogP contribution in [0, 0.1) is 0 Å². The Balaban J connectivity index is 2.31. The Morgan fingerprint density at radius 2 is 1.95 bits per heavy atom. The summed E-state index contributed by atoms with van der Waals surface area (Å²) < 4.78 is 0. The zero-order valence-electron chi connectivity index (χ0n) is 11.3. The maximum Gasteiger partial charge on any atom is 0.258 e. The van der Waals surface area contributed by atoms with Gasteiger partial charge < -0.3 is 15.6 Å². The molecule has 0 aliphatic carbocycles. The predicted molar refractivity (Wildman–Crippen MR) is 78.7 cm³/mol. The average molecular weight is 271 g/mol. The van der Waals surface area contributed by atoms with E-state index in [1.165, 1.54) is 12.3 Å². The lowest BCUT2D eigenvalue weighted by molar-refractivity contribution is 0.0988. The third-order valence-corrected chi connectivity index (χ3v) is 3.07. The van der Waals surface area contributed by atoms with Gasteiger partial charge in [-0.1, -0.05) is 12.1 Å². The van der Waals surface area contributed by atoms with Crippen LogP contribution >= 0.6 is 0 Å². The minimum absolute atomic E-state index is 0.195. The monoisotopic (exact) mass is 271 g/mol. The Bertz CT molecular complexity index is 647. The highest BCUT2D eigenvalue weighted by molar-refractivity contribution is 6.05. The van der Waals surface area contributed by atoms with E-state index in [0.717, 1.165) is 11.3 Å². The molecule has 0 atom stereocenters. The molecule has 0 saturated heterocycles. The highest BCUT2D eigenvalue weighted by Gasteiger charge is 2.16. The van der Waals surface area contributed by atoms with E-state index < -0.39 is 0 Å². The van der Waals surface area contributed by atoms with Crippen molar-refractivity contribution in [2.24, 2.45) is 5.73 Å². The highest BCUT2D eigenvalue weighted by atomic mass is 16.2. The summed E-state index contributed by atoms with van der Waals surface area (Å²) in [5.74, 6) is -0.195. The van der Waals surface area contributed by atoms with Crippen molar-refractivity contribution >= 4 is 11.6 Å². The minimum atomic E-state index is -0.287. The van der Waals surface area contributed by atoms with Gasteiger partial charge in [-0.2, -0.15) is 0 Å². The number of benzene rings is 1. The molecule has 0 radical (unpaired) electrons. The number of carbonyl (C=O) groups excluding carboxylic acids is 1. The lowest BCUT2D eigenvalue weighted by Crippen LogP contribution is -2.31. The van der Waals surface area contributed by atoms with Crippen LogP contribution in [0.15, 0.2) is 47.4 Å². The van der Waals surface area contributed by atoms with Crippen LogP contribution in [0.4, 0.5) is 5.69 Å². The van der Waals surface area contributed by atoms with E-state index in [9.17, 15) is 9.59 Å². The largest absolute Gasteiger partial charge is 0.329 e. The average Bonchev–Trinajstić information content (AvgIpc) is 2.48. The van der Waals surface area contributed by atoms with Gasteiger partial charge in [-0.3, -0.25) is 9.59 Å². The number of aromatic nitrogens is 1. The SMILES string of the molecule is CCN(C(=O)c1cc[nH]c(=O)c1)c1ccc(CN)cc1. The number of amides is 1. The van der Waals surface area contributed by atoms with Crippen molar-refractivity contribution in [1.29, 1.82) is 0 Å². The summed E-state index contributed by atoms with van der Waals surface area (Å²) in [6.07, 6.45) is 1.47. The zero-order chi connectivity index (χ0) is 14.5. The number of carbonyl (C=O) groups is 1. The molecule has 1 amide bonds. The van der Waals surface area contributed by atoms with Crippen LogP contribution in [-0.2, 0) is 6.54 Å². The van der Waals surface area contributed by atoms with Crippen LogP contribution in [0.5, 0.6) is 0 Å². The van der Waals surface area contributed by atoms with E-state index in [1.807, 2.05) is 31.2 Å². The molecule has 0 spiro atoms. The van der Waals surface area contributed by atoms with E-state index in [-0.39, 0.29) is 11.5 Å². The molecule has 0 saturated carbocycles. The summed E-state index contributed by atoms with van der Waals surface area (Å²) in [5, 5.41) is 0. The van der Waals surface area contributed by atoms with Gasteiger partial charge in [0, 0.05) is 36.6 Å². The van der Waals surface area contributed by atoms with E-state index in [2.05, 4.69) is 4.98 Å². The molecule has 5 nitrogen and oxygen atoms in total. The summed E-state index contributed by atoms with van der Waals surface area (Å²) >= 11 is 0. The fraction of sp³-hybridized carbons (Fsp3) is 0.200. The standard InChI is InChI=1S/C15H17N3O2/c1-2-18(13-5-3-11(10-16)4-6-13)15(20)12-7-8-17-14(19)9-12/h3-9H,2,10,16H2,1H3,(H,17,19). The van der Waals surface area contributed by atoms with Gasteiger partial charge in [0.1, 0.15) is 0 Å². The summed E-state index contributed by atoms with van der Waals surface area (Å²) in [4.78, 5) is 27.8. The van der Waals surface area contributed by atoms with E-state index >= 15 is 0 Å². The van der Waals surface area contributed by atoms with Crippen molar-refractivity contribution in [2.75, 3.05) is 11.4 Å². The molecule has 2 aromatic rings. The van der Waals surface area contributed by atoms with Gasteiger partial charge in [-0.15, -0.1) is 0 Å². The molecule has 1 heterocycles. The molecule has 0 unspecified atom stereocenters. The smallest absolute Gasteiger partial charge is 0.258 e. The van der Waals surface area contributed by atoms with Crippen LogP contribution in [0.2, 0.25) is 0 Å². The summed E-state index contributed by atoms with van der Waals surface area (Å²) in [6, 6.07) is 10.4. The van der Waals surface area contributed by atoms with Crippen molar-refractivity contribution in [2.45, 2.75) is 13.5 Å². The third kappa shape index (κ3) is 2.95. The van der Waals surface area contributed by atoms with Crippen molar-refractivity contribution in [1.82, 2.24) is 4.98 Å². The Morgan fingerprint density at radius 1 is 1.25 bits per heavy atom. The first-order valence-corrected chi connectivity index (χ1v) is 6.45. The van der Waals surface area contributed by atoms with Gasteiger partial charge in [0.05, 0.1) is 0 Å². The van der Waals surface area contributed by atoms with Gasteiger partial charge >= 0.3 is 0 Å². The molecule has 0 aliphatic heterocycles. The minimum Gasteiger partial charge on any atom is -0.329 e. The zero-order valence-corrected chi connectivity index (χ0v) is 11.3. The first-order valence-electron chi connectivity index (χ1n) is 6.45. The molecular weight excluding hydrogens is 254 g/mol. The molecular formula is C15H17N3O2. The number of H-pyrrole nitrogens is 1. The topological polar surface area (TPSA) is 79.2 Å². The maximum atomic E-state index is 12.4. The Kier molecular flexibility index (Phi) is 4.32. The number of nitrogens with zero attached hydrogens (tertiary/aromatic N) is 1. The van der Waals surface area contributed by atoms with Crippen molar-refractivity contribution in [3.05, 3.63) is 64.1 Å². The van der Waals surface area contributed by atoms with Gasteiger partial charge in [0.15, 0.2) is 0 Å². The fourth-order valence-corrected chi connectivity index (χ4v) is 1.99. The number of nitrogens with two attached hydrogens (primary N) is 1. The number of aromatic amines is 1. The number of rotatable bonds is 4. The lowest BCUT2D eigenvalue weighted by atomic mass is 10.1. The second kappa shape index (κ2) is 6.16.